The van der Waals surface area contributed by atoms with Gasteiger partial charge in [-0.3, -0.25) is 4.99 Å². The highest BCUT2D eigenvalue weighted by molar-refractivity contribution is 8.00. The van der Waals surface area contributed by atoms with Crippen molar-refractivity contribution in [1.82, 2.24) is 4.98 Å². The van der Waals surface area contributed by atoms with E-state index in [0.717, 1.165) is 36.8 Å². The van der Waals surface area contributed by atoms with Crippen molar-refractivity contribution in [2.45, 2.75) is 62.4 Å². The Labute approximate surface area is 201 Å². The van der Waals surface area contributed by atoms with Crippen molar-refractivity contribution in [2.24, 2.45) is 10.7 Å². The molecule has 2 heterocycles. The maximum absolute atomic E-state index is 14.2. The summed E-state index contributed by atoms with van der Waals surface area (Å²) in [6.45, 7) is 3.56. The molecule has 0 amide bonds. The zero-order valence-electron chi connectivity index (χ0n) is 19.4. The number of benzene rings is 1. The average molecular weight is 491 g/mol. The largest absolute Gasteiger partial charge is 0.422 e. The molecule has 2 unspecified atom stereocenters. The number of hydrogen-bond donors (Lipinski definition) is 2. The van der Waals surface area contributed by atoms with E-state index in [-0.39, 0.29) is 22.7 Å². The number of anilines is 1. The molecule has 0 radical (unpaired) electrons. The minimum Gasteiger partial charge on any atom is -0.422 e. The standard InChI is InChI=1S/C25H29F3N4OS/c1-4-34-19-11-17(16-9-7-15(8-10-16)14-5-6-14)13-31-21(19)23-32-18(22(30)33-23)12-20(29)25(27,28)24(2,3)26/h7-14,19,21H,4-6,29-30H2,1-3H3/b20-12-. The third-order valence-electron chi connectivity index (χ3n) is 6.03. The Balaban J connectivity index is 1.58. The summed E-state index contributed by atoms with van der Waals surface area (Å²) in [6, 6.07) is 8.08. The number of allylic oxidation sites excluding steroid dienone is 2. The summed E-state index contributed by atoms with van der Waals surface area (Å²) in [6.07, 6.45) is 7.26. The molecule has 2 aliphatic rings. The second-order valence-electron chi connectivity index (χ2n) is 9.11. The predicted molar refractivity (Wildman–Crippen MR) is 133 cm³/mol. The third kappa shape index (κ3) is 4.89. The second-order valence-corrected chi connectivity index (χ2v) is 10.6. The van der Waals surface area contributed by atoms with Gasteiger partial charge in [0.25, 0.3) is 0 Å². The highest BCUT2D eigenvalue weighted by atomic mass is 32.2. The molecule has 0 spiro atoms. The molecule has 2 atom stereocenters. The number of aliphatic imine (C=N–C) groups is 1. The lowest BCUT2D eigenvalue weighted by Gasteiger charge is -2.26. The van der Waals surface area contributed by atoms with Gasteiger partial charge in [-0.05, 0) is 61.1 Å². The van der Waals surface area contributed by atoms with Crippen molar-refractivity contribution in [1.29, 1.82) is 0 Å². The quantitative estimate of drug-likeness (QED) is 0.463. The van der Waals surface area contributed by atoms with Crippen LogP contribution >= 0.6 is 11.8 Å². The van der Waals surface area contributed by atoms with Crippen LogP contribution in [0.15, 0.2) is 45.4 Å². The zero-order chi connectivity index (χ0) is 24.7. The molecule has 5 nitrogen and oxygen atoms in total. The van der Waals surface area contributed by atoms with Gasteiger partial charge in [-0.25, -0.2) is 9.37 Å². The number of hydrogen-bond acceptors (Lipinski definition) is 6. The molecule has 4 N–H and O–H groups in total. The maximum Gasteiger partial charge on any atom is 0.319 e. The Kier molecular flexibility index (Phi) is 6.59. The molecule has 1 aliphatic carbocycles. The molecular formula is C25H29F3N4OS. The number of oxazole rings is 1. The molecule has 34 heavy (non-hydrogen) atoms. The van der Waals surface area contributed by atoms with Crippen molar-refractivity contribution in [3.8, 4) is 0 Å². The molecule has 182 valence electrons. The topological polar surface area (TPSA) is 90.4 Å². The Bertz CT molecular complexity index is 1130. The Morgan fingerprint density at radius 1 is 1.21 bits per heavy atom. The number of alkyl halides is 3. The van der Waals surface area contributed by atoms with Crippen molar-refractivity contribution in [3.05, 3.63) is 58.8 Å². The van der Waals surface area contributed by atoms with E-state index in [1.54, 1.807) is 18.0 Å². The molecular weight excluding hydrogens is 461 g/mol. The summed E-state index contributed by atoms with van der Waals surface area (Å²) >= 11 is 1.67. The highest BCUT2D eigenvalue weighted by Gasteiger charge is 2.50. The Morgan fingerprint density at radius 3 is 2.47 bits per heavy atom. The van der Waals surface area contributed by atoms with Gasteiger partial charge in [-0.1, -0.05) is 37.3 Å². The number of nitrogen functional groups attached to an aromatic ring is 1. The summed E-state index contributed by atoms with van der Waals surface area (Å²) in [5.41, 5.74) is 10.9. The van der Waals surface area contributed by atoms with E-state index in [0.29, 0.717) is 5.92 Å². The number of dihydropyridines is 1. The molecule has 4 rings (SSSR count). The van der Waals surface area contributed by atoms with E-state index in [1.165, 1.54) is 18.4 Å². The van der Waals surface area contributed by atoms with Crippen molar-refractivity contribution in [2.75, 3.05) is 11.5 Å². The maximum atomic E-state index is 14.2. The summed E-state index contributed by atoms with van der Waals surface area (Å²) in [5, 5.41) is -0.0912. The number of nitrogens with zero attached hydrogens (tertiary/aromatic N) is 2. The van der Waals surface area contributed by atoms with Gasteiger partial charge in [0.15, 0.2) is 5.67 Å². The number of thioether (sulfide) groups is 1. The van der Waals surface area contributed by atoms with Crippen molar-refractivity contribution >= 4 is 35.5 Å². The molecule has 2 aromatic rings. The Hall–Kier alpha value is -2.68. The minimum absolute atomic E-state index is 0.0719. The molecule has 1 fully saturated rings. The first kappa shape index (κ1) is 24.4. The molecule has 1 aliphatic heterocycles. The molecule has 1 aromatic carbocycles. The summed E-state index contributed by atoms with van der Waals surface area (Å²) in [7, 11) is 0. The van der Waals surface area contributed by atoms with Gasteiger partial charge in [-0.15, -0.1) is 0 Å². The molecule has 1 saturated carbocycles. The van der Waals surface area contributed by atoms with Gasteiger partial charge in [0.2, 0.25) is 11.8 Å². The van der Waals surface area contributed by atoms with E-state index < -0.39 is 23.3 Å². The van der Waals surface area contributed by atoms with E-state index >= 15 is 0 Å². The highest BCUT2D eigenvalue weighted by Crippen LogP contribution is 2.41. The van der Waals surface area contributed by atoms with E-state index in [4.69, 9.17) is 15.9 Å². The second kappa shape index (κ2) is 9.17. The fourth-order valence-electron chi connectivity index (χ4n) is 3.80. The first-order valence-electron chi connectivity index (χ1n) is 11.3. The summed E-state index contributed by atoms with van der Waals surface area (Å²) in [5.74, 6) is -2.35. The lowest BCUT2D eigenvalue weighted by atomic mass is 9.99. The van der Waals surface area contributed by atoms with Gasteiger partial charge < -0.3 is 15.9 Å². The Morgan fingerprint density at radius 2 is 1.88 bits per heavy atom. The number of rotatable bonds is 8. The van der Waals surface area contributed by atoms with Crippen LogP contribution in [0.5, 0.6) is 0 Å². The lowest BCUT2D eigenvalue weighted by molar-refractivity contribution is -0.0886. The van der Waals surface area contributed by atoms with Crippen LogP contribution in [0.25, 0.3) is 11.6 Å². The van der Waals surface area contributed by atoms with Gasteiger partial charge in [-0.2, -0.15) is 20.5 Å². The van der Waals surface area contributed by atoms with Gasteiger partial charge in [0.1, 0.15) is 11.7 Å². The van der Waals surface area contributed by atoms with Crippen LogP contribution in [0.1, 0.15) is 68.3 Å². The first-order chi connectivity index (χ1) is 16.0. The monoisotopic (exact) mass is 490 g/mol. The minimum atomic E-state index is -3.89. The SMILES string of the molecule is CCSC1C=C(c2ccc(C3CC3)cc2)C=NC1c1nc(/C=C(\N)C(F)(F)C(C)(C)F)c(N)o1. The van der Waals surface area contributed by atoms with Crippen LogP contribution in [-0.4, -0.2) is 33.8 Å². The third-order valence-corrected chi connectivity index (χ3v) is 7.15. The van der Waals surface area contributed by atoms with Crippen LogP contribution in [-0.2, 0) is 0 Å². The summed E-state index contributed by atoms with van der Waals surface area (Å²) in [4.78, 5) is 8.94. The molecule has 0 saturated heterocycles. The van der Waals surface area contributed by atoms with Crippen LogP contribution in [0, 0.1) is 0 Å². The van der Waals surface area contributed by atoms with Crippen molar-refractivity contribution < 1.29 is 17.6 Å². The first-order valence-corrected chi connectivity index (χ1v) is 12.3. The van der Waals surface area contributed by atoms with Crippen LogP contribution in [0.4, 0.5) is 19.1 Å². The number of halogens is 3. The summed E-state index contributed by atoms with van der Waals surface area (Å²) < 4.78 is 48.0. The van der Waals surface area contributed by atoms with E-state index in [2.05, 4.69) is 40.3 Å². The zero-order valence-corrected chi connectivity index (χ0v) is 20.2. The van der Waals surface area contributed by atoms with Crippen LogP contribution in [0.2, 0.25) is 0 Å². The predicted octanol–water partition coefficient (Wildman–Crippen LogP) is 6.15. The molecule has 9 heteroatoms. The van der Waals surface area contributed by atoms with Crippen LogP contribution < -0.4 is 11.5 Å². The van der Waals surface area contributed by atoms with Gasteiger partial charge in [0.05, 0.1) is 10.9 Å². The molecule has 1 aromatic heterocycles. The van der Waals surface area contributed by atoms with E-state index in [1.807, 2.05) is 6.92 Å². The van der Waals surface area contributed by atoms with Crippen LogP contribution in [0.3, 0.4) is 0 Å². The van der Waals surface area contributed by atoms with Gasteiger partial charge in [0, 0.05) is 6.21 Å². The average Bonchev–Trinajstić information content (AvgIpc) is 3.57. The van der Waals surface area contributed by atoms with Gasteiger partial charge >= 0.3 is 5.92 Å². The lowest BCUT2D eigenvalue weighted by Crippen LogP contribution is -2.43. The van der Waals surface area contributed by atoms with Crippen molar-refractivity contribution in [3.63, 3.8) is 0 Å². The smallest absolute Gasteiger partial charge is 0.319 e. The number of nitrogens with two attached hydrogens (primary N) is 2. The number of aromatic nitrogens is 1. The van der Waals surface area contributed by atoms with E-state index in [9.17, 15) is 13.2 Å². The fraction of sp³-hybridized carbons (Fsp3) is 0.440. The fourth-order valence-corrected chi connectivity index (χ4v) is 4.80. The normalized spacial score (nSPS) is 21.6. The molecule has 0 bridgehead atoms.